The normalized spacial score (nSPS) is 11.6. The fourth-order valence-corrected chi connectivity index (χ4v) is 4.73. The van der Waals surface area contributed by atoms with Crippen molar-refractivity contribution in [1.82, 2.24) is 25.0 Å². The van der Waals surface area contributed by atoms with Gasteiger partial charge in [-0.25, -0.2) is 14.1 Å². The lowest BCUT2D eigenvalue weighted by molar-refractivity contribution is 0.628. The van der Waals surface area contributed by atoms with E-state index in [0.29, 0.717) is 44.4 Å². The minimum absolute atomic E-state index is 0.0576. The average molecular weight is 550 g/mol. The highest BCUT2D eigenvalue weighted by Gasteiger charge is 2.21. The third-order valence-electron chi connectivity index (χ3n) is 5.38. The molecule has 0 unspecified atom stereocenters. The molecule has 0 saturated carbocycles. The molecular formula is C24H14Cl2FN9S. The summed E-state index contributed by atoms with van der Waals surface area (Å²) in [5, 5.41) is 36.2. The highest BCUT2D eigenvalue weighted by atomic mass is 35.5. The van der Waals surface area contributed by atoms with Gasteiger partial charge < -0.3 is 10.6 Å². The Bertz CT molecular complexity index is 1690. The molecule has 2 aromatic carbocycles. The SMILES string of the molecule is N#CCn1cc([C@@H](Nc2cc(Cl)c3ncc(C#N)c(Nc4ccc(F)c(Cl)c4)c3c2)c2cscn2)nn1. The highest BCUT2D eigenvalue weighted by Crippen LogP contribution is 2.37. The maximum atomic E-state index is 13.7. The predicted octanol–water partition coefficient (Wildman–Crippen LogP) is 6.07. The number of fused-ring (bicyclic) bond motifs is 1. The number of nitrogens with one attached hydrogen (secondary N) is 2. The van der Waals surface area contributed by atoms with Gasteiger partial charge in [-0.3, -0.25) is 4.98 Å². The number of pyridine rings is 1. The molecule has 0 aliphatic heterocycles. The van der Waals surface area contributed by atoms with Crippen LogP contribution >= 0.6 is 34.5 Å². The van der Waals surface area contributed by atoms with Crippen LogP contribution in [0.4, 0.5) is 21.5 Å². The van der Waals surface area contributed by atoms with Crippen molar-refractivity contribution in [3.8, 4) is 12.1 Å². The maximum absolute atomic E-state index is 13.7. The van der Waals surface area contributed by atoms with Crippen molar-refractivity contribution in [2.75, 3.05) is 10.6 Å². The van der Waals surface area contributed by atoms with Gasteiger partial charge in [-0.15, -0.1) is 16.4 Å². The van der Waals surface area contributed by atoms with E-state index in [4.69, 9.17) is 28.5 Å². The van der Waals surface area contributed by atoms with Gasteiger partial charge >= 0.3 is 0 Å². The van der Waals surface area contributed by atoms with Crippen LogP contribution in [0.5, 0.6) is 0 Å². The van der Waals surface area contributed by atoms with Gasteiger partial charge in [0.1, 0.15) is 30.2 Å². The molecule has 3 heterocycles. The zero-order valence-electron chi connectivity index (χ0n) is 18.7. The molecule has 0 saturated heterocycles. The average Bonchev–Trinajstić information content (AvgIpc) is 3.58. The van der Waals surface area contributed by atoms with E-state index < -0.39 is 11.9 Å². The zero-order chi connectivity index (χ0) is 25.9. The van der Waals surface area contributed by atoms with Gasteiger partial charge in [0.05, 0.1) is 50.3 Å². The Labute approximate surface area is 223 Å². The third kappa shape index (κ3) is 5.01. The number of anilines is 3. The second-order valence-electron chi connectivity index (χ2n) is 7.76. The van der Waals surface area contributed by atoms with E-state index in [9.17, 15) is 9.65 Å². The molecule has 0 aliphatic rings. The molecule has 2 N–H and O–H groups in total. The van der Waals surface area contributed by atoms with E-state index in [1.54, 1.807) is 23.8 Å². The van der Waals surface area contributed by atoms with Crippen LogP contribution in [0.1, 0.15) is 23.0 Å². The molecule has 13 heteroatoms. The summed E-state index contributed by atoms with van der Waals surface area (Å²) in [5.74, 6) is -0.554. The van der Waals surface area contributed by atoms with Crippen molar-refractivity contribution < 1.29 is 4.39 Å². The molecule has 182 valence electrons. The molecule has 37 heavy (non-hydrogen) atoms. The Morgan fingerprint density at radius 2 is 1.92 bits per heavy atom. The largest absolute Gasteiger partial charge is 0.371 e. The zero-order valence-corrected chi connectivity index (χ0v) is 21.0. The summed E-state index contributed by atoms with van der Waals surface area (Å²) in [6.07, 6.45) is 3.09. The smallest absolute Gasteiger partial charge is 0.141 e. The predicted molar refractivity (Wildman–Crippen MR) is 139 cm³/mol. The Hall–Kier alpha value is -4.29. The lowest BCUT2D eigenvalue weighted by atomic mass is 10.1. The van der Waals surface area contributed by atoms with Crippen LogP contribution in [0.15, 0.2) is 53.6 Å². The summed E-state index contributed by atoms with van der Waals surface area (Å²) in [6, 6.07) is 11.3. The Morgan fingerprint density at radius 3 is 2.65 bits per heavy atom. The third-order valence-corrected chi connectivity index (χ3v) is 6.56. The number of aromatic nitrogens is 5. The molecular weight excluding hydrogens is 536 g/mol. The lowest BCUT2D eigenvalue weighted by Gasteiger charge is -2.18. The number of hydrogen-bond donors (Lipinski definition) is 2. The monoisotopic (exact) mass is 549 g/mol. The van der Waals surface area contributed by atoms with Crippen LogP contribution < -0.4 is 10.6 Å². The summed E-state index contributed by atoms with van der Waals surface area (Å²) in [6.45, 7) is 0.0592. The Kier molecular flexibility index (Phi) is 6.84. The second kappa shape index (κ2) is 10.4. The number of benzene rings is 2. The Balaban J connectivity index is 1.59. The van der Waals surface area contributed by atoms with Crippen molar-refractivity contribution in [3.05, 3.63) is 86.4 Å². The van der Waals surface area contributed by atoms with Crippen LogP contribution in [0.2, 0.25) is 10.0 Å². The van der Waals surface area contributed by atoms with Crippen molar-refractivity contribution in [3.63, 3.8) is 0 Å². The quantitative estimate of drug-likeness (QED) is 0.250. The molecule has 9 nitrogen and oxygen atoms in total. The van der Waals surface area contributed by atoms with Crippen LogP contribution in [0.3, 0.4) is 0 Å². The lowest BCUT2D eigenvalue weighted by Crippen LogP contribution is -2.13. The summed E-state index contributed by atoms with van der Waals surface area (Å²) in [7, 11) is 0. The first-order chi connectivity index (χ1) is 18.0. The topological polar surface area (TPSA) is 128 Å². The van der Waals surface area contributed by atoms with E-state index in [1.807, 2.05) is 11.4 Å². The second-order valence-corrected chi connectivity index (χ2v) is 9.29. The summed E-state index contributed by atoms with van der Waals surface area (Å²) in [5.41, 5.74) is 5.21. The van der Waals surface area contributed by atoms with E-state index in [1.165, 1.54) is 40.4 Å². The van der Waals surface area contributed by atoms with Crippen molar-refractivity contribution in [2.45, 2.75) is 12.6 Å². The van der Waals surface area contributed by atoms with Crippen LogP contribution in [-0.2, 0) is 6.54 Å². The molecule has 5 aromatic rings. The molecule has 0 radical (unpaired) electrons. The number of hydrogen-bond acceptors (Lipinski definition) is 9. The van der Waals surface area contributed by atoms with Gasteiger partial charge in [0.25, 0.3) is 0 Å². The summed E-state index contributed by atoms with van der Waals surface area (Å²) in [4.78, 5) is 8.78. The maximum Gasteiger partial charge on any atom is 0.141 e. The molecule has 1 atom stereocenters. The molecule has 3 aromatic heterocycles. The number of halogens is 3. The highest BCUT2D eigenvalue weighted by molar-refractivity contribution is 7.07. The van der Waals surface area contributed by atoms with Gasteiger partial charge in [-0.05, 0) is 30.3 Å². The fourth-order valence-electron chi connectivity index (χ4n) is 3.71. The van der Waals surface area contributed by atoms with Crippen LogP contribution in [0.25, 0.3) is 10.9 Å². The van der Waals surface area contributed by atoms with Gasteiger partial charge in [0, 0.05) is 28.3 Å². The Morgan fingerprint density at radius 1 is 1.08 bits per heavy atom. The summed E-state index contributed by atoms with van der Waals surface area (Å²) >= 11 is 14.0. The number of rotatable bonds is 7. The number of nitriles is 2. The molecule has 0 spiro atoms. The molecule has 0 amide bonds. The van der Waals surface area contributed by atoms with E-state index >= 15 is 0 Å². The van der Waals surface area contributed by atoms with Crippen LogP contribution in [-0.4, -0.2) is 25.0 Å². The van der Waals surface area contributed by atoms with E-state index in [0.717, 1.165) is 0 Å². The summed E-state index contributed by atoms with van der Waals surface area (Å²) < 4.78 is 15.1. The fraction of sp³-hybridized carbons (Fsp3) is 0.0833. The number of nitrogens with zero attached hydrogens (tertiary/aromatic N) is 7. The van der Waals surface area contributed by atoms with Crippen molar-refractivity contribution >= 4 is 62.5 Å². The molecule has 5 rings (SSSR count). The van der Waals surface area contributed by atoms with Gasteiger partial charge in [0.15, 0.2) is 0 Å². The van der Waals surface area contributed by atoms with Gasteiger partial charge in [0.2, 0.25) is 0 Å². The van der Waals surface area contributed by atoms with Gasteiger partial charge in [-0.1, -0.05) is 28.4 Å². The molecule has 0 aliphatic carbocycles. The first kappa shape index (κ1) is 24.4. The first-order valence-corrected chi connectivity index (χ1v) is 12.3. The number of thiazole rings is 1. The molecule has 0 bridgehead atoms. The first-order valence-electron chi connectivity index (χ1n) is 10.6. The minimum Gasteiger partial charge on any atom is -0.371 e. The van der Waals surface area contributed by atoms with Crippen molar-refractivity contribution in [2.24, 2.45) is 0 Å². The standard InChI is InChI=1S/C24H14Cl2FN9S/c25-17-6-14(1-2-19(17)27)32-22-13(8-29)9-30-23-16(22)5-15(7-18(23)26)33-24(21-11-37-12-31-21)20-10-36(4-3-28)35-34-20/h1-2,5-7,9-12,24,33H,4H2,(H,30,32)/t24-/m1/s1. The van der Waals surface area contributed by atoms with Gasteiger partial charge in [-0.2, -0.15) is 10.5 Å². The van der Waals surface area contributed by atoms with E-state index in [-0.39, 0.29) is 17.1 Å². The minimum atomic E-state index is -0.554. The molecule has 0 fully saturated rings. The van der Waals surface area contributed by atoms with E-state index in [2.05, 4.69) is 37.0 Å². The van der Waals surface area contributed by atoms with Crippen molar-refractivity contribution in [1.29, 1.82) is 10.5 Å². The van der Waals surface area contributed by atoms with Crippen LogP contribution in [0, 0.1) is 28.5 Å².